The second-order valence-electron chi connectivity index (χ2n) is 14.9. The molecule has 0 saturated heterocycles. The minimum absolute atomic E-state index is 0.613. The van der Waals surface area contributed by atoms with Gasteiger partial charge in [0.1, 0.15) is 0 Å². The molecule has 8 aromatic carbocycles. The molecule has 0 aliphatic rings. The van der Waals surface area contributed by atoms with Gasteiger partial charge in [-0.2, -0.15) is 0 Å². The zero-order valence-electron chi connectivity index (χ0n) is 33.0. The molecule has 6 nitrogen and oxygen atoms in total. The van der Waals surface area contributed by atoms with Gasteiger partial charge in [0.25, 0.3) is 0 Å². The molecule has 0 N–H and O–H groups in total. The third kappa shape index (κ3) is 6.92. The highest BCUT2D eigenvalue weighted by Gasteiger charge is 2.17. The average molecular weight is 781 g/mol. The van der Waals surface area contributed by atoms with Crippen molar-refractivity contribution in [1.29, 1.82) is 0 Å². The summed E-state index contributed by atoms with van der Waals surface area (Å²) in [5.74, 6) is 2.54. The third-order valence-corrected chi connectivity index (χ3v) is 11.1. The molecule has 3 aromatic heterocycles. The largest absolute Gasteiger partial charge is 0.309 e. The first-order chi connectivity index (χ1) is 30.2. The molecule has 0 fully saturated rings. The molecule has 3 heterocycles. The monoisotopic (exact) mass is 780 g/mol. The van der Waals surface area contributed by atoms with Crippen molar-refractivity contribution in [2.45, 2.75) is 0 Å². The fourth-order valence-corrected chi connectivity index (χ4v) is 8.08. The maximum absolute atomic E-state index is 5.21. The van der Waals surface area contributed by atoms with Gasteiger partial charge in [-0.05, 0) is 53.6 Å². The number of aromatic nitrogens is 6. The number of hydrogen-bond donors (Lipinski definition) is 0. The van der Waals surface area contributed by atoms with Crippen molar-refractivity contribution in [3.63, 3.8) is 0 Å². The van der Waals surface area contributed by atoms with E-state index in [-0.39, 0.29) is 0 Å². The summed E-state index contributed by atoms with van der Waals surface area (Å²) in [5, 5.41) is 2.41. The molecule has 0 spiro atoms. The Bertz CT molecular complexity index is 3290. The Hall–Kier alpha value is -8.35. The molecule has 11 rings (SSSR count). The molecule has 6 heteroatoms. The quantitative estimate of drug-likeness (QED) is 0.154. The fourth-order valence-electron chi connectivity index (χ4n) is 8.08. The SMILES string of the molecule is c1ccc(-c2nc(-c3cccc(-c4cccc(-c5nc(-c6ccccc6)nc(-c6ccccc6)n5)c4)c3)cc(-c3ccc4c5ccccc5n(-c5ccccc5)c4c3)n2)cc1. The summed E-state index contributed by atoms with van der Waals surface area (Å²) >= 11 is 0. The minimum atomic E-state index is 0.613. The molecule has 0 saturated carbocycles. The highest BCUT2D eigenvalue weighted by atomic mass is 15.0. The van der Waals surface area contributed by atoms with Crippen LogP contribution in [0.4, 0.5) is 0 Å². The average Bonchev–Trinajstić information content (AvgIpc) is 3.68. The van der Waals surface area contributed by atoms with E-state index in [0.29, 0.717) is 23.3 Å². The van der Waals surface area contributed by atoms with Gasteiger partial charge in [0.15, 0.2) is 23.3 Å². The van der Waals surface area contributed by atoms with Crippen LogP contribution in [0, 0.1) is 0 Å². The first-order valence-electron chi connectivity index (χ1n) is 20.3. The van der Waals surface area contributed by atoms with Gasteiger partial charge in [-0.25, -0.2) is 24.9 Å². The number of fused-ring (bicyclic) bond motifs is 3. The fraction of sp³-hybridized carbons (Fsp3) is 0. The van der Waals surface area contributed by atoms with Crippen LogP contribution in [0.2, 0.25) is 0 Å². The van der Waals surface area contributed by atoms with Gasteiger partial charge in [0.2, 0.25) is 0 Å². The van der Waals surface area contributed by atoms with Crippen LogP contribution in [-0.2, 0) is 0 Å². The molecule has 0 atom stereocenters. The summed E-state index contributed by atoms with van der Waals surface area (Å²) in [5.41, 5.74) is 12.9. The molecule has 11 aromatic rings. The summed E-state index contributed by atoms with van der Waals surface area (Å²) in [6, 6.07) is 75.2. The molecular weight excluding hydrogens is 745 g/mol. The van der Waals surface area contributed by atoms with E-state index in [0.717, 1.165) is 67.1 Å². The highest BCUT2D eigenvalue weighted by Crippen LogP contribution is 2.37. The summed E-state index contributed by atoms with van der Waals surface area (Å²) in [4.78, 5) is 25.3. The number of nitrogens with zero attached hydrogens (tertiary/aromatic N) is 6. The van der Waals surface area contributed by atoms with Crippen LogP contribution in [0.15, 0.2) is 218 Å². The van der Waals surface area contributed by atoms with E-state index in [2.05, 4.69) is 144 Å². The Morgan fingerprint density at radius 3 is 1.25 bits per heavy atom. The van der Waals surface area contributed by atoms with Crippen molar-refractivity contribution in [2.24, 2.45) is 0 Å². The summed E-state index contributed by atoms with van der Waals surface area (Å²) in [7, 11) is 0. The Balaban J connectivity index is 1.02. The van der Waals surface area contributed by atoms with E-state index in [1.807, 2.05) is 78.9 Å². The predicted molar refractivity (Wildman–Crippen MR) is 248 cm³/mol. The van der Waals surface area contributed by atoms with Gasteiger partial charge >= 0.3 is 0 Å². The zero-order valence-corrected chi connectivity index (χ0v) is 33.0. The van der Waals surface area contributed by atoms with Gasteiger partial charge in [0.05, 0.1) is 22.4 Å². The van der Waals surface area contributed by atoms with Crippen molar-refractivity contribution in [1.82, 2.24) is 29.5 Å². The Morgan fingerprint density at radius 2 is 0.656 bits per heavy atom. The highest BCUT2D eigenvalue weighted by molar-refractivity contribution is 6.10. The minimum Gasteiger partial charge on any atom is -0.309 e. The van der Waals surface area contributed by atoms with E-state index in [9.17, 15) is 0 Å². The lowest BCUT2D eigenvalue weighted by Gasteiger charge is -2.12. The zero-order chi connectivity index (χ0) is 40.5. The first-order valence-corrected chi connectivity index (χ1v) is 20.3. The van der Waals surface area contributed by atoms with Crippen molar-refractivity contribution in [2.75, 3.05) is 0 Å². The van der Waals surface area contributed by atoms with E-state index in [4.69, 9.17) is 24.9 Å². The van der Waals surface area contributed by atoms with E-state index in [1.165, 1.54) is 16.3 Å². The van der Waals surface area contributed by atoms with Crippen molar-refractivity contribution < 1.29 is 0 Å². The van der Waals surface area contributed by atoms with Crippen molar-refractivity contribution in [3.8, 4) is 84.9 Å². The van der Waals surface area contributed by atoms with Crippen LogP contribution in [0.1, 0.15) is 0 Å². The molecule has 0 unspecified atom stereocenters. The van der Waals surface area contributed by atoms with Crippen molar-refractivity contribution >= 4 is 21.8 Å². The summed E-state index contributed by atoms with van der Waals surface area (Å²) < 4.78 is 2.34. The van der Waals surface area contributed by atoms with Gasteiger partial charge in [-0.3, -0.25) is 0 Å². The molecule has 0 bridgehead atoms. The van der Waals surface area contributed by atoms with E-state index < -0.39 is 0 Å². The van der Waals surface area contributed by atoms with Crippen LogP contribution < -0.4 is 0 Å². The number of benzene rings is 8. The van der Waals surface area contributed by atoms with Gasteiger partial charge in [0, 0.05) is 49.8 Å². The lowest BCUT2D eigenvalue weighted by Crippen LogP contribution is -2.00. The number of rotatable bonds is 8. The van der Waals surface area contributed by atoms with Crippen LogP contribution in [0.25, 0.3) is 107 Å². The summed E-state index contributed by atoms with van der Waals surface area (Å²) in [6.07, 6.45) is 0. The third-order valence-electron chi connectivity index (χ3n) is 11.1. The van der Waals surface area contributed by atoms with E-state index >= 15 is 0 Å². The van der Waals surface area contributed by atoms with Crippen LogP contribution in [0.5, 0.6) is 0 Å². The molecule has 0 amide bonds. The molecule has 286 valence electrons. The Kier molecular flexibility index (Phi) is 9.06. The Labute approximate surface area is 353 Å². The topological polar surface area (TPSA) is 69.4 Å². The van der Waals surface area contributed by atoms with Crippen LogP contribution in [0.3, 0.4) is 0 Å². The first kappa shape index (κ1) is 35.8. The Morgan fingerprint density at radius 1 is 0.246 bits per heavy atom. The summed E-state index contributed by atoms with van der Waals surface area (Å²) in [6.45, 7) is 0. The lowest BCUT2D eigenvalue weighted by atomic mass is 9.99. The maximum Gasteiger partial charge on any atom is 0.164 e. The predicted octanol–water partition coefficient (Wildman–Crippen LogP) is 13.4. The second-order valence-corrected chi connectivity index (χ2v) is 14.9. The number of hydrogen-bond acceptors (Lipinski definition) is 5. The smallest absolute Gasteiger partial charge is 0.164 e. The van der Waals surface area contributed by atoms with Crippen molar-refractivity contribution in [3.05, 3.63) is 218 Å². The van der Waals surface area contributed by atoms with Crippen LogP contribution in [-0.4, -0.2) is 29.5 Å². The second kappa shape index (κ2) is 15.4. The van der Waals surface area contributed by atoms with Crippen LogP contribution >= 0.6 is 0 Å². The molecule has 61 heavy (non-hydrogen) atoms. The number of para-hydroxylation sites is 2. The molecule has 0 radical (unpaired) electrons. The lowest BCUT2D eigenvalue weighted by molar-refractivity contribution is 1.07. The molecule has 0 aliphatic heterocycles. The van der Waals surface area contributed by atoms with Gasteiger partial charge in [-0.15, -0.1) is 0 Å². The normalized spacial score (nSPS) is 11.3. The molecule has 0 aliphatic carbocycles. The maximum atomic E-state index is 5.21. The van der Waals surface area contributed by atoms with Gasteiger partial charge < -0.3 is 4.57 Å². The van der Waals surface area contributed by atoms with E-state index in [1.54, 1.807) is 0 Å². The molecular formula is C55H36N6. The standard InChI is InChI=1S/C55H36N6/c1-5-17-37(18-6-1)52-56-48(36-49(57-52)43-31-32-47-46-29-13-14-30-50(46)61(51(47)35-43)45-27-11-4-12-28-45)42-25-15-23-40(33-42)41-24-16-26-44(34-41)55-59-53(38-19-7-2-8-20-38)58-54(60-55)39-21-9-3-10-22-39/h1-36H. The van der Waals surface area contributed by atoms with Gasteiger partial charge in [-0.1, -0.05) is 176 Å².